The molecule has 96 valence electrons. The number of carbonyl (C=O) groups is 1. The van der Waals surface area contributed by atoms with Gasteiger partial charge in [0.2, 0.25) is 5.91 Å². The Hall–Kier alpha value is -2.16. The van der Waals surface area contributed by atoms with Crippen LogP contribution in [-0.2, 0) is 4.79 Å². The predicted octanol–water partition coefficient (Wildman–Crippen LogP) is 1.65. The summed E-state index contributed by atoms with van der Waals surface area (Å²) in [4.78, 5) is 11.4. The van der Waals surface area contributed by atoms with Crippen LogP contribution in [0.15, 0.2) is 12.1 Å². The molecule has 0 aliphatic rings. The summed E-state index contributed by atoms with van der Waals surface area (Å²) >= 11 is 0. The van der Waals surface area contributed by atoms with E-state index in [9.17, 15) is 18.0 Å². The molecule has 1 atom stereocenters. The van der Waals surface area contributed by atoms with Gasteiger partial charge in [-0.05, 0) is 6.92 Å². The van der Waals surface area contributed by atoms with Crippen molar-refractivity contribution in [1.29, 1.82) is 0 Å². The van der Waals surface area contributed by atoms with Crippen LogP contribution in [0.25, 0.3) is 0 Å². The Kier molecular flexibility index (Phi) is 4.60. The van der Waals surface area contributed by atoms with E-state index in [1.54, 1.807) is 0 Å². The standard InChI is InChI=1S/C12H11F3N2O/c1-3-4-16-12(18)7(2)17-11-9(14)5-8(13)6-10(11)15/h1,5-7,17H,4H2,2H3,(H,16,18). The lowest BCUT2D eigenvalue weighted by atomic mass is 10.2. The van der Waals surface area contributed by atoms with Crippen molar-refractivity contribution < 1.29 is 18.0 Å². The molecule has 1 amide bonds. The van der Waals surface area contributed by atoms with E-state index in [0.29, 0.717) is 12.1 Å². The van der Waals surface area contributed by atoms with E-state index in [2.05, 4.69) is 16.6 Å². The Morgan fingerprint density at radius 2 is 1.94 bits per heavy atom. The van der Waals surface area contributed by atoms with E-state index >= 15 is 0 Å². The number of hydrogen-bond donors (Lipinski definition) is 2. The molecule has 0 fully saturated rings. The monoisotopic (exact) mass is 256 g/mol. The van der Waals surface area contributed by atoms with Crippen LogP contribution in [0, 0.1) is 29.8 Å². The minimum absolute atomic E-state index is 0.0131. The molecule has 1 aromatic rings. The van der Waals surface area contributed by atoms with Crippen molar-refractivity contribution >= 4 is 11.6 Å². The van der Waals surface area contributed by atoms with Gasteiger partial charge in [-0.25, -0.2) is 13.2 Å². The molecule has 6 heteroatoms. The number of benzene rings is 1. The average Bonchev–Trinajstić information content (AvgIpc) is 2.30. The van der Waals surface area contributed by atoms with E-state index < -0.39 is 35.1 Å². The summed E-state index contributed by atoms with van der Waals surface area (Å²) in [5.74, 6) is -1.57. The minimum atomic E-state index is -1.11. The van der Waals surface area contributed by atoms with Crippen molar-refractivity contribution in [3.8, 4) is 12.3 Å². The summed E-state index contributed by atoms with van der Waals surface area (Å²) in [6.07, 6.45) is 4.95. The Balaban J connectivity index is 2.79. The summed E-state index contributed by atoms with van der Waals surface area (Å²) in [5.41, 5.74) is -0.556. The number of amides is 1. The Morgan fingerprint density at radius 3 is 2.44 bits per heavy atom. The fourth-order valence-corrected chi connectivity index (χ4v) is 1.25. The fourth-order valence-electron chi connectivity index (χ4n) is 1.25. The maximum Gasteiger partial charge on any atom is 0.242 e. The number of rotatable bonds is 4. The number of nitrogens with one attached hydrogen (secondary N) is 2. The van der Waals surface area contributed by atoms with Crippen molar-refractivity contribution in [2.75, 3.05) is 11.9 Å². The third-order valence-electron chi connectivity index (χ3n) is 2.13. The Bertz CT molecular complexity index is 474. The highest BCUT2D eigenvalue weighted by Crippen LogP contribution is 2.20. The first-order valence-corrected chi connectivity index (χ1v) is 5.08. The largest absolute Gasteiger partial charge is 0.369 e. The summed E-state index contributed by atoms with van der Waals surface area (Å²) in [7, 11) is 0. The molecule has 2 N–H and O–H groups in total. The first kappa shape index (κ1) is 13.9. The topological polar surface area (TPSA) is 41.1 Å². The summed E-state index contributed by atoms with van der Waals surface area (Å²) in [6, 6.07) is 0.141. The van der Waals surface area contributed by atoms with Crippen molar-refractivity contribution in [1.82, 2.24) is 5.32 Å². The van der Waals surface area contributed by atoms with Crippen LogP contribution in [0.3, 0.4) is 0 Å². The first-order valence-electron chi connectivity index (χ1n) is 5.08. The van der Waals surface area contributed by atoms with Gasteiger partial charge in [0.25, 0.3) is 0 Å². The highest BCUT2D eigenvalue weighted by atomic mass is 19.1. The molecular weight excluding hydrogens is 245 g/mol. The van der Waals surface area contributed by atoms with Crippen molar-refractivity contribution in [3.63, 3.8) is 0 Å². The lowest BCUT2D eigenvalue weighted by molar-refractivity contribution is -0.121. The van der Waals surface area contributed by atoms with Gasteiger partial charge in [0.05, 0.1) is 6.54 Å². The van der Waals surface area contributed by atoms with E-state index in [1.807, 2.05) is 0 Å². The molecule has 0 radical (unpaired) electrons. The van der Waals surface area contributed by atoms with Crippen LogP contribution in [0.1, 0.15) is 6.92 Å². The maximum atomic E-state index is 13.3. The lowest BCUT2D eigenvalue weighted by Gasteiger charge is -2.15. The molecule has 3 nitrogen and oxygen atoms in total. The fraction of sp³-hybridized carbons (Fsp3) is 0.250. The SMILES string of the molecule is C#CCNC(=O)C(C)Nc1c(F)cc(F)cc1F. The van der Waals surface area contributed by atoms with Crippen LogP contribution in [-0.4, -0.2) is 18.5 Å². The van der Waals surface area contributed by atoms with Crippen LogP contribution in [0.4, 0.5) is 18.9 Å². The third-order valence-corrected chi connectivity index (χ3v) is 2.13. The molecule has 1 unspecified atom stereocenters. The van der Waals surface area contributed by atoms with Crippen LogP contribution >= 0.6 is 0 Å². The smallest absolute Gasteiger partial charge is 0.242 e. The molecule has 1 rings (SSSR count). The van der Waals surface area contributed by atoms with Gasteiger partial charge in [-0.15, -0.1) is 6.42 Å². The average molecular weight is 256 g/mol. The van der Waals surface area contributed by atoms with E-state index in [1.165, 1.54) is 6.92 Å². The maximum absolute atomic E-state index is 13.3. The lowest BCUT2D eigenvalue weighted by Crippen LogP contribution is -2.38. The van der Waals surface area contributed by atoms with E-state index in [0.717, 1.165) is 0 Å². The number of terminal acetylenes is 1. The summed E-state index contributed by atoms with van der Waals surface area (Å²) in [6.45, 7) is 1.41. The molecule has 1 aromatic carbocycles. The van der Waals surface area contributed by atoms with Crippen molar-refractivity contribution in [2.45, 2.75) is 13.0 Å². The first-order chi connectivity index (χ1) is 8.45. The molecule has 0 bridgehead atoms. The Labute approximate surface area is 102 Å². The van der Waals surface area contributed by atoms with Gasteiger partial charge < -0.3 is 10.6 Å². The molecule has 0 aliphatic heterocycles. The zero-order chi connectivity index (χ0) is 13.7. The molecule has 0 spiro atoms. The third kappa shape index (κ3) is 3.42. The highest BCUT2D eigenvalue weighted by molar-refractivity contribution is 5.84. The van der Waals surface area contributed by atoms with Crippen molar-refractivity contribution in [3.05, 3.63) is 29.6 Å². The van der Waals surface area contributed by atoms with Gasteiger partial charge in [-0.3, -0.25) is 4.79 Å². The van der Waals surface area contributed by atoms with Gasteiger partial charge >= 0.3 is 0 Å². The zero-order valence-electron chi connectivity index (χ0n) is 9.56. The highest BCUT2D eigenvalue weighted by Gasteiger charge is 2.17. The molecule has 0 aliphatic carbocycles. The number of anilines is 1. The Morgan fingerprint density at radius 1 is 1.39 bits per heavy atom. The number of hydrogen-bond acceptors (Lipinski definition) is 2. The van der Waals surface area contributed by atoms with E-state index in [-0.39, 0.29) is 6.54 Å². The second kappa shape index (κ2) is 5.96. The molecule has 0 saturated heterocycles. The van der Waals surface area contributed by atoms with Crippen LogP contribution < -0.4 is 10.6 Å². The normalized spacial score (nSPS) is 11.5. The van der Waals surface area contributed by atoms with Crippen LogP contribution in [0.2, 0.25) is 0 Å². The predicted molar refractivity (Wildman–Crippen MR) is 61.2 cm³/mol. The van der Waals surface area contributed by atoms with Gasteiger partial charge in [0, 0.05) is 12.1 Å². The quantitative estimate of drug-likeness (QED) is 0.804. The zero-order valence-corrected chi connectivity index (χ0v) is 9.56. The molecule has 0 heterocycles. The van der Waals surface area contributed by atoms with Crippen molar-refractivity contribution in [2.24, 2.45) is 0 Å². The second-order valence-corrected chi connectivity index (χ2v) is 3.53. The van der Waals surface area contributed by atoms with Crippen LogP contribution in [0.5, 0.6) is 0 Å². The van der Waals surface area contributed by atoms with Gasteiger partial charge in [-0.2, -0.15) is 0 Å². The molecular formula is C12H11F3N2O. The summed E-state index contributed by atoms with van der Waals surface area (Å²) < 4.78 is 39.2. The minimum Gasteiger partial charge on any atom is -0.369 e. The number of carbonyl (C=O) groups excluding carboxylic acids is 1. The number of halogens is 3. The molecule has 0 aromatic heterocycles. The van der Waals surface area contributed by atoms with Gasteiger partial charge in [-0.1, -0.05) is 5.92 Å². The molecule has 18 heavy (non-hydrogen) atoms. The summed E-state index contributed by atoms with van der Waals surface area (Å²) in [5, 5.41) is 4.66. The van der Waals surface area contributed by atoms with Gasteiger partial charge in [0.15, 0.2) is 11.6 Å². The second-order valence-electron chi connectivity index (χ2n) is 3.53. The van der Waals surface area contributed by atoms with Gasteiger partial charge in [0.1, 0.15) is 17.5 Å². The molecule has 0 saturated carbocycles. The van der Waals surface area contributed by atoms with E-state index in [4.69, 9.17) is 6.42 Å².